The zero-order valence-electron chi connectivity index (χ0n) is 86.2. The number of fused-ring (bicyclic) bond motifs is 5. The summed E-state index contributed by atoms with van der Waals surface area (Å²) in [6.45, 7) is 17.6. The van der Waals surface area contributed by atoms with E-state index in [0.717, 1.165) is 145 Å². The van der Waals surface area contributed by atoms with E-state index in [0.29, 0.717) is 119 Å². The molecular formula is C112H123FN22O14. The van der Waals surface area contributed by atoms with Gasteiger partial charge in [0.2, 0.25) is 0 Å². The van der Waals surface area contributed by atoms with E-state index >= 15 is 0 Å². The average Bonchev–Trinajstić information content (AvgIpc) is 1.65. The number of aliphatic hydroxyl groups excluding tert-OH is 2. The summed E-state index contributed by atoms with van der Waals surface area (Å²) < 4.78 is 71.5. The number of imide groups is 1. The number of hydrogen-bond donors (Lipinski definition) is 3. The van der Waals surface area contributed by atoms with Crippen molar-refractivity contribution in [3.05, 3.63) is 267 Å². The van der Waals surface area contributed by atoms with Crippen LogP contribution in [0.5, 0.6) is 40.2 Å². The second-order valence-corrected chi connectivity index (χ2v) is 36.2. The van der Waals surface area contributed by atoms with Crippen LogP contribution in [0.1, 0.15) is 113 Å². The Morgan fingerprint density at radius 3 is 1.37 bits per heavy atom. The van der Waals surface area contributed by atoms with Gasteiger partial charge in [0.1, 0.15) is 58.8 Å². The van der Waals surface area contributed by atoms with E-state index < -0.39 is 18.0 Å². The molecule has 149 heavy (non-hydrogen) atoms. The number of anilines is 7. The highest BCUT2D eigenvalue weighted by molar-refractivity contribution is 6.21. The lowest BCUT2D eigenvalue weighted by Crippen LogP contribution is -2.38. The topological polar surface area (TPSA) is 377 Å². The van der Waals surface area contributed by atoms with Crippen LogP contribution in [0.25, 0.3) is 89.2 Å². The third-order valence-electron chi connectivity index (χ3n) is 25.1. The minimum Gasteiger partial charge on any atom is -0.497 e. The number of nitrogens with one attached hydrogen (secondary N) is 1. The van der Waals surface area contributed by atoms with Crippen molar-refractivity contribution in [1.29, 1.82) is 0 Å². The van der Waals surface area contributed by atoms with E-state index in [-0.39, 0.29) is 55.7 Å². The zero-order chi connectivity index (χ0) is 105. The minimum absolute atomic E-state index is 0.00392. The molecule has 2 aliphatic heterocycles. The first-order chi connectivity index (χ1) is 72.2. The Bertz CT molecular complexity index is 7420. The molecule has 2 aliphatic rings. The molecule has 8 aromatic heterocycles. The van der Waals surface area contributed by atoms with Gasteiger partial charge in [-0.2, -0.15) is 20.4 Å². The second kappa shape index (κ2) is 49.0. The lowest BCUT2D eigenvalue weighted by atomic mass is 10.1. The van der Waals surface area contributed by atoms with E-state index in [4.69, 9.17) is 62.6 Å². The van der Waals surface area contributed by atoms with Crippen molar-refractivity contribution < 1.29 is 71.6 Å². The van der Waals surface area contributed by atoms with Crippen LogP contribution in [0.4, 0.5) is 44.2 Å². The van der Waals surface area contributed by atoms with Crippen LogP contribution in [-0.4, -0.2) is 238 Å². The smallest absolute Gasteiger partial charge is 0.325 e. The van der Waals surface area contributed by atoms with Gasteiger partial charge in [0.05, 0.1) is 202 Å². The summed E-state index contributed by atoms with van der Waals surface area (Å²) in [6.07, 6.45) is 25.2. The Morgan fingerprint density at radius 2 is 0.913 bits per heavy atom. The van der Waals surface area contributed by atoms with Gasteiger partial charge in [0.25, 0.3) is 11.8 Å². The number of aliphatic hydroxyl groups is 2. The first-order valence-corrected chi connectivity index (χ1v) is 49.4. The molecule has 0 radical (unpaired) electrons. The Kier molecular flexibility index (Phi) is 34.6. The molecule has 772 valence electrons. The summed E-state index contributed by atoms with van der Waals surface area (Å²) in [5.74, 6) is 2.93. The van der Waals surface area contributed by atoms with Gasteiger partial charge in [-0.15, -0.1) is 0 Å². The lowest BCUT2D eigenvalue weighted by Gasteiger charge is -2.29. The summed E-state index contributed by atoms with van der Waals surface area (Å²) in [7, 11) is 13.5. The molecule has 3 N–H and O–H groups in total. The van der Waals surface area contributed by atoms with E-state index in [9.17, 15) is 29.0 Å². The fourth-order valence-corrected chi connectivity index (χ4v) is 17.2. The zero-order valence-corrected chi connectivity index (χ0v) is 86.2. The monoisotopic (exact) mass is 2020 g/mol. The molecule has 1 saturated heterocycles. The molecular weight excluding hydrogens is 1900 g/mol. The predicted molar refractivity (Wildman–Crippen MR) is 571 cm³/mol. The van der Waals surface area contributed by atoms with Gasteiger partial charge in [0, 0.05) is 207 Å². The largest absolute Gasteiger partial charge is 0.497 e. The molecule has 36 nitrogen and oxygen atoms in total. The Morgan fingerprint density at radius 1 is 0.463 bits per heavy atom. The van der Waals surface area contributed by atoms with Crippen molar-refractivity contribution in [1.82, 2.24) is 89.2 Å². The predicted octanol–water partition coefficient (Wildman–Crippen LogP) is 18.4. The quantitative estimate of drug-likeness (QED) is 0.0239. The number of methoxy groups -OCH3 is 6. The maximum absolute atomic E-state index is 14.8. The summed E-state index contributed by atoms with van der Waals surface area (Å²) in [5.41, 5.74) is 19.6. The average molecular weight is 2020 g/mol. The molecule has 0 aliphatic carbocycles. The normalized spacial score (nSPS) is 13.1. The van der Waals surface area contributed by atoms with Crippen LogP contribution in [0.2, 0.25) is 0 Å². The Labute approximate surface area is 863 Å². The van der Waals surface area contributed by atoms with Crippen LogP contribution < -0.4 is 58.1 Å². The third kappa shape index (κ3) is 26.3. The first-order valence-electron chi connectivity index (χ1n) is 49.4. The number of aromatic nitrogens is 16. The van der Waals surface area contributed by atoms with Gasteiger partial charge in [0.15, 0.2) is 0 Å². The van der Waals surface area contributed by atoms with Crippen molar-refractivity contribution in [2.75, 3.05) is 128 Å². The molecule has 17 aromatic rings. The van der Waals surface area contributed by atoms with E-state index in [1.54, 1.807) is 145 Å². The fraction of sp³-hybridized carbons (Fsp3) is 0.312. The number of carbonyl (C=O) groups is 3. The van der Waals surface area contributed by atoms with Crippen molar-refractivity contribution in [3.8, 4) is 85.3 Å². The molecule has 10 heterocycles. The molecule has 19 rings (SSSR count). The van der Waals surface area contributed by atoms with E-state index in [1.807, 2.05) is 198 Å². The van der Waals surface area contributed by atoms with Crippen molar-refractivity contribution in [2.24, 2.45) is 14.1 Å². The molecule has 0 bridgehead atoms. The van der Waals surface area contributed by atoms with Crippen LogP contribution >= 0.6 is 0 Å². The molecule has 1 fully saturated rings. The van der Waals surface area contributed by atoms with Gasteiger partial charge in [-0.25, -0.2) is 29.0 Å². The van der Waals surface area contributed by atoms with Crippen LogP contribution in [0.15, 0.2) is 244 Å². The molecule has 9 aromatic carbocycles. The summed E-state index contributed by atoms with van der Waals surface area (Å²) >= 11 is 0. The molecule has 0 spiro atoms. The maximum Gasteiger partial charge on any atom is 0.325 e. The number of benzene rings is 9. The van der Waals surface area contributed by atoms with Gasteiger partial charge in [-0.05, 0) is 168 Å². The number of nitrogens with zero attached hydrogens (tertiary/aromatic N) is 21. The molecule has 3 atom stereocenters. The lowest BCUT2D eigenvalue weighted by molar-refractivity contribution is -0.141. The van der Waals surface area contributed by atoms with Crippen molar-refractivity contribution in [3.63, 3.8) is 0 Å². The number of hydrogen-bond acceptors (Lipinski definition) is 31. The highest BCUT2D eigenvalue weighted by atomic mass is 19.1. The van der Waals surface area contributed by atoms with E-state index in [2.05, 4.69) is 78.2 Å². The molecule has 0 saturated carbocycles. The van der Waals surface area contributed by atoms with Gasteiger partial charge >= 0.3 is 5.97 Å². The maximum atomic E-state index is 14.8. The SMILES string of the molecule is CCC(O)CN(CCc1cc(OC)cc(OC)c1)c1ccc2ncc(-c3cnn(C)c3)nc2c1.CCOC(=O)CN(c1cc(OC)cc(OC)c1)c1ccc2ncc(-c3cnn(C(C)C)c3)nc2c1.CCOc1cc(F)cc(N(CCN2C(=O)c3ccccc3C2=O)c2ccc3ncc(-c4cnn(C5CCCCO5)c4)nc3c2)c1.COc1cc(OC)cc(N(C[C@@H](O)CNC(C)C)c2ccc3ncc(-c4cnn(C)c4)nc3c2)c1. The third-order valence-corrected chi connectivity index (χ3v) is 25.1. The Balaban J connectivity index is 0.000000143. The van der Waals surface area contributed by atoms with Crippen LogP contribution in [0, 0.1) is 5.82 Å². The Hall–Kier alpha value is -16.6. The van der Waals surface area contributed by atoms with Gasteiger partial charge in [-0.1, -0.05) is 32.9 Å². The summed E-state index contributed by atoms with van der Waals surface area (Å²) in [5, 5.41) is 42.0. The van der Waals surface area contributed by atoms with Crippen molar-refractivity contribution >= 4 is 102 Å². The number of amides is 2. The molecule has 2 unspecified atom stereocenters. The molecule has 2 amide bonds. The second-order valence-electron chi connectivity index (χ2n) is 36.2. The number of esters is 1. The summed E-state index contributed by atoms with van der Waals surface area (Å²) in [6, 6.07) is 52.0. The van der Waals surface area contributed by atoms with Gasteiger partial charge in [-0.3, -0.25) is 53.3 Å². The fourth-order valence-electron chi connectivity index (χ4n) is 17.2. The van der Waals surface area contributed by atoms with Crippen LogP contribution in [-0.2, 0) is 34.8 Å². The molecule has 37 heteroatoms. The number of carbonyl (C=O) groups excluding carboxylic acids is 3. The van der Waals surface area contributed by atoms with Crippen molar-refractivity contribution in [2.45, 2.75) is 111 Å². The highest BCUT2D eigenvalue weighted by Gasteiger charge is 2.36. The van der Waals surface area contributed by atoms with Gasteiger partial charge < -0.3 is 77.8 Å². The number of aryl methyl sites for hydroxylation is 2. The van der Waals surface area contributed by atoms with E-state index in [1.165, 1.54) is 17.0 Å². The van der Waals surface area contributed by atoms with Crippen LogP contribution in [0.3, 0.4) is 0 Å². The number of rotatable bonds is 38. The number of ether oxygens (including phenoxy) is 9. The standard InChI is InChI=1S/C34H31FN6O4.C26H32N6O3.C26H29N5O4.C26H31N5O3/c1-2-44-26-16-23(35)15-25(17-26)39(12-13-40-33(42)27-7-3-4-8-28(27)34(40)43)24-10-11-29-30(18-24)38-31(20-36-29)22-19-37-41(21-22)32-9-5-6-14-45-32;1-17(2)27-13-21(33)16-32(20-8-22(34-4)11-23(9-20)35-5)19-6-7-24-25(10-19)30-26(14-28-24)18-12-29-31(3)15-18;1-6-35-26(32)16-30(20-9-21(33-4)12-22(10-20)34-5)19-7-8-23-24(11-19)29-25(14-27-23)18-13-28-31(15-18)17(2)3;1-5-21(32)17-31(9-8-18-10-22(33-3)13-23(11-18)34-4)20-6-7-24-25(12-20)29-26(15-27-24)19-14-28-30(2)16-19/h3-4,7-8,10-11,15-21,32H,2,5-6,9,12-14H2,1H3;6-12,14-15,17,21,27,33H,13,16H2,1-5H3;7-15,17H,6,16H2,1-5H3;6-7,10-16,21,32H,5,8-9,17H2,1-4H3/t;21-;;/m.0../s1. The first kappa shape index (κ1) is 105. The number of halogens is 1. The highest BCUT2D eigenvalue weighted by Crippen LogP contribution is 2.40. The minimum atomic E-state index is -0.613. The summed E-state index contributed by atoms with van der Waals surface area (Å²) in [4.78, 5) is 85.6.